The first-order chi connectivity index (χ1) is 12.0. The molecule has 1 atom stereocenters. The molecule has 9 heteroatoms. The van der Waals surface area contributed by atoms with Crippen LogP contribution in [0.3, 0.4) is 0 Å². The zero-order valence-corrected chi connectivity index (χ0v) is 14.0. The second kappa shape index (κ2) is 7.04. The van der Waals surface area contributed by atoms with E-state index < -0.39 is 16.9 Å². The van der Waals surface area contributed by atoms with Crippen LogP contribution in [0.2, 0.25) is 0 Å². The Bertz CT molecular complexity index is 702. The number of anilines is 1. The third-order valence-electron chi connectivity index (χ3n) is 4.45. The van der Waals surface area contributed by atoms with Gasteiger partial charge in [0.25, 0.3) is 11.7 Å². The van der Waals surface area contributed by atoms with Crippen molar-refractivity contribution in [1.82, 2.24) is 9.88 Å². The summed E-state index contributed by atoms with van der Waals surface area (Å²) in [5, 5.41) is 11.0. The van der Waals surface area contributed by atoms with E-state index in [0.29, 0.717) is 19.5 Å². The molecule has 0 saturated carbocycles. The topological polar surface area (TPSA) is 106 Å². The number of fused-ring (bicyclic) bond motifs is 1. The van der Waals surface area contributed by atoms with Gasteiger partial charge in [-0.05, 0) is 41.7 Å². The van der Waals surface area contributed by atoms with Gasteiger partial charge in [-0.15, -0.1) is 0 Å². The largest absolute Gasteiger partial charge is 0.474 e. The first-order valence-electron chi connectivity index (χ1n) is 8.42. The van der Waals surface area contributed by atoms with E-state index in [-0.39, 0.29) is 29.8 Å². The van der Waals surface area contributed by atoms with Gasteiger partial charge in [0.2, 0.25) is 5.91 Å². The van der Waals surface area contributed by atoms with Crippen molar-refractivity contribution in [3.05, 3.63) is 22.2 Å². The van der Waals surface area contributed by atoms with Crippen molar-refractivity contribution >= 4 is 23.5 Å². The number of aromatic nitrogens is 1. The third kappa shape index (κ3) is 3.40. The fraction of sp³-hybridized carbons (Fsp3) is 0.562. The van der Waals surface area contributed by atoms with Gasteiger partial charge in [-0.1, -0.05) is 6.92 Å². The molecule has 25 heavy (non-hydrogen) atoms. The summed E-state index contributed by atoms with van der Waals surface area (Å²) in [6.45, 7) is 2.96. The van der Waals surface area contributed by atoms with E-state index in [4.69, 9.17) is 4.74 Å². The van der Waals surface area contributed by atoms with Gasteiger partial charge < -0.3 is 19.8 Å². The van der Waals surface area contributed by atoms with Crippen molar-refractivity contribution in [1.29, 1.82) is 0 Å². The highest BCUT2D eigenvalue weighted by Crippen LogP contribution is 2.34. The van der Waals surface area contributed by atoms with Crippen molar-refractivity contribution in [3.63, 3.8) is 0 Å². The molecular formula is C16H20N4O5. The summed E-state index contributed by atoms with van der Waals surface area (Å²) >= 11 is 0. The summed E-state index contributed by atoms with van der Waals surface area (Å²) in [5.41, 5.74) is 0. The number of ether oxygens (including phenoxy) is 1. The number of nitro groups is 1. The van der Waals surface area contributed by atoms with Crippen LogP contribution < -0.4 is 9.64 Å². The average molecular weight is 348 g/mol. The molecule has 2 aliphatic rings. The molecule has 2 aliphatic heterocycles. The minimum Gasteiger partial charge on any atom is -0.474 e. The Hall–Kier alpha value is -2.71. The van der Waals surface area contributed by atoms with E-state index in [9.17, 15) is 19.7 Å². The zero-order valence-electron chi connectivity index (χ0n) is 14.0. The third-order valence-corrected chi connectivity index (χ3v) is 4.45. The molecule has 9 nitrogen and oxygen atoms in total. The summed E-state index contributed by atoms with van der Waals surface area (Å²) in [6.07, 6.45) is 2.70. The molecular weight excluding hydrogens is 328 g/mol. The van der Waals surface area contributed by atoms with Crippen molar-refractivity contribution in [2.75, 3.05) is 24.5 Å². The Labute approximate surface area is 144 Å². The Kier molecular flexibility index (Phi) is 4.82. The van der Waals surface area contributed by atoms with Crippen LogP contribution in [0.15, 0.2) is 12.1 Å². The van der Waals surface area contributed by atoms with E-state index >= 15 is 0 Å². The number of carbonyl (C=O) groups is 2. The van der Waals surface area contributed by atoms with Gasteiger partial charge in [0, 0.05) is 19.2 Å². The Morgan fingerprint density at radius 1 is 1.36 bits per heavy atom. The highest BCUT2D eigenvalue weighted by atomic mass is 16.6. The molecule has 1 unspecified atom stereocenters. The van der Waals surface area contributed by atoms with Crippen LogP contribution in [0.1, 0.15) is 32.6 Å². The molecule has 1 aromatic rings. The van der Waals surface area contributed by atoms with Crippen LogP contribution in [0.5, 0.6) is 5.75 Å². The number of amides is 2. The van der Waals surface area contributed by atoms with Crippen molar-refractivity contribution in [3.8, 4) is 5.75 Å². The predicted molar refractivity (Wildman–Crippen MR) is 88.4 cm³/mol. The SMILES string of the molecule is CCC1Oc2ccc([N+](=O)[O-])nc2N(CC(=O)N2CCCCC2)C1=O. The molecule has 3 rings (SSSR count). The number of pyridine rings is 1. The molecule has 2 amide bonds. The molecule has 134 valence electrons. The van der Waals surface area contributed by atoms with E-state index in [2.05, 4.69) is 4.98 Å². The van der Waals surface area contributed by atoms with Gasteiger partial charge in [0.15, 0.2) is 11.9 Å². The van der Waals surface area contributed by atoms with Gasteiger partial charge in [-0.2, -0.15) is 0 Å². The van der Waals surface area contributed by atoms with Gasteiger partial charge in [-0.25, -0.2) is 0 Å². The number of rotatable bonds is 4. The number of likely N-dealkylation sites (tertiary alicyclic amines) is 1. The number of piperidine rings is 1. The van der Waals surface area contributed by atoms with Gasteiger partial charge in [-0.3, -0.25) is 14.5 Å². The fourth-order valence-electron chi connectivity index (χ4n) is 3.08. The van der Waals surface area contributed by atoms with Crippen molar-refractivity contribution in [2.24, 2.45) is 0 Å². The Morgan fingerprint density at radius 3 is 2.72 bits per heavy atom. The molecule has 0 bridgehead atoms. The zero-order chi connectivity index (χ0) is 18.0. The highest BCUT2D eigenvalue weighted by molar-refractivity contribution is 6.03. The maximum Gasteiger partial charge on any atom is 0.366 e. The second-order valence-corrected chi connectivity index (χ2v) is 6.13. The van der Waals surface area contributed by atoms with Crippen LogP contribution in [0.25, 0.3) is 0 Å². The van der Waals surface area contributed by atoms with Crippen molar-refractivity contribution < 1.29 is 19.2 Å². The predicted octanol–water partition coefficient (Wildman–Crippen LogP) is 1.51. The Morgan fingerprint density at radius 2 is 2.08 bits per heavy atom. The maximum absolute atomic E-state index is 12.6. The summed E-state index contributed by atoms with van der Waals surface area (Å²) in [6, 6.07) is 2.65. The Balaban J connectivity index is 1.90. The molecule has 0 N–H and O–H groups in total. The normalized spacial score (nSPS) is 20.0. The molecule has 1 fully saturated rings. The monoisotopic (exact) mass is 348 g/mol. The van der Waals surface area contributed by atoms with Crippen LogP contribution in [0.4, 0.5) is 11.6 Å². The number of hydrogen-bond acceptors (Lipinski definition) is 6. The van der Waals surface area contributed by atoms with E-state index in [1.165, 1.54) is 17.0 Å². The summed E-state index contributed by atoms with van der Waals surface area (Å²) in [4.78, 5) is 42.4. The molecule has 0 aliphatic carbocycles. The number of nitrogens with zero attached hydrogens (tertiary/aromatic N) is 4. The lowest BCUT2D eigenvalue weighted by Gasteiger charge is -2.33. The lowest BCUT2D eigenvalue weighted by Crippen LogP contribution is -2.51. The van der Waals surface area contributed by atoms with Crippen LogP contribution >= 0.6 is 0 Å². The lowest BCUT2D eigenvalue weighted by atomic mass is 10.1. The van der Waals surface area contributed by atoms with E-state index in [1.54, 1.807) is 11.8 Å². The van der Waals surface area contributed by atoms with Crippen LogP contribution in [-0.4, -0.2) is 52.4 Å². The highest BCUT2D eigenvalue weighted by Gasteiger charge is 2.39. The van der Waals surface area contributed by atoms with Gasteiger partial charge >= 0.3 is 5.82 Å². The molecule has 0 spiro atoms. The standard InChI is InChI=1S/C16H20N4O5/c1-2-11-16(22)19(10-14(21)18-8-4-3-5-9-18)15-12(25-11)6-7-13(17-15)20(23)24/h6-7,11H,2-5,8-10H2,1H3. The molecule has 3 heterocycles. The maximum atomic E-state index is 12.6. The fourth-order valence-corrected chi connectivity index (χ4v) is 3.08. The van der Waals surface area contributed by atoms with Crippen molar-refractivity contribution in [2.45, 2.75) is 38.7 Å². The summed E-state index contributed by atoms with van der Waals surface area (Å²) in [5.74, 6) is -0.643. The quantitative estimate of drug-likeness (QED) is 0.603. The average Bonchev–Trinajstić information content (AvgIpc) is 2.63. The lowest BCUT2D eigenvalue weighted by molar-refractivity contribution is -0.389. The first-order valence-corrected chi connectivity index (χ1v) is 8.42. The molecule has 0 aromatic carbocycles. The molecule has 1 saturated heterocycles. The summed E-state index contributed by atoms with van der Waals surface area (Å²) in [7, 11) is 0. The smallest absolute Gasteiger partial charge is 0.366 e. The molecule has 0 radical (unpaired) electrons. The first kappa shape index (κ1) is 17.1. The van der Waals surface area contributed by atoms with Crippen LogP contribution in [0, 0.1) is 10.1 Å². The second-order valence-electron chi connectivity index (χ2n) is 6.13. The van der Waals surface area contributed by atoms with E-state index in [0.717, 1.165) is 19.3 Å². The minimum atomic E-state index is -0.718. The van der Waals surface area contributed by atoms with Gasteiger partial charge in [0.1, 0.15) is 6.54 Å². The van der Waals surface area contributed by atoms with Crippen LogP contribution in [-0.2, 0) is 9.59 Å². The molecule has 1 aromatic heterocycles. The summed E-state index contributed by atoms with van der Waals surface area (Å²) < 4.78 is 5.58. The minimum absolute atomic E-state index is 0.0364. The van der Waals surface area contributed by atoms with Gasteiger partial charge in [0.05, 0.1) is 0 Å². The number of hydrogen-bond donors (Lipinski definition) is 0. The number of carbonyl (C=O) groups excluding carboxylic acids is 2. The van der Waals surface area contributed by atoms with E-state index in [1.807, 2.05) is 0 Å².